The van der Waals surface area contributed by atoms with Gasteiger partial charge in [-0.25, -0.2) is 14.4 Å². The minimum absolute atomic E-state index is 0.0767. The summed E-state index contributed by atoms with van der Waals surface area (Å²) < 4.78 is 23.6. The van der Waals surface area contributed by atoms with E-state index in [4.69, 9.17) is 10.5 Å². The molecule has 0 spiro atoms. The number of carbonyl (C=O) groups excluding carboxylic acids is 1. The highest BCUT2D eigenvalue weighted by Crippen LogP contribution is 2.28. The maximum Gasteiger partial charge on any atom is 0.224 e. The summed E-state index contributed by atoms with van der Waals surface area (Å²) in [5, 5.41) is 7.54. The molecule has 3 N–H and O–H groups in total. The van der Waals surface area contributed by atoms with E-state index in [0.29, 0.717) is 53.5 Å². The summed E-state index contributed by atoms with van der Waals surface area (Å²) in [6, 6.07) is 5.06. The van der Waals surface area contributed by atoms with Gasteiger partial charge in [0.05, 0.1) is 31.2 Å². The SMILES string of the molecule is COCCn1cc(-c2ccc(-n3cnc4cnc(N[C@@H]5CC[C@@H](C(N)=O)C5)nc43)cc2F)cn1. The van der Waals surface area contributed by atoms with Crippen LogP contribution in [0.2, 0.25) is 0 Å². The van der Waals surface area contributed by atoms with Crippen molar-refractivity contribution in [1.29, 1.82) is 0 Å². The van der Waals surface area contributed by atoms with Gasteiger partial charge in [0.25, 0.3) is 0 Å². The first kappa shape index (κ1) is 22.0. The van der Waals surface area contributed by atoms with Crippen LogP contribution >= 0.6 is 0 Å². The summed E-state index contributed by atoms with van der Waals surface area (Å²) in [6.07, 6.45) is 8.88. The minimum atomic E-state index is -0.374. The van der Waals surface area contributed by atoms with Gasteiger partial charge in [0, 0.05) is 36.4 Å². The van der Waals surface area contributed by atoms with Crippen LogP contribution in [-0.2, 0) is 16.1 Å². The van der Waals surface area contributed by atoms with Crippen molar-refractivity contribution >= 4 is 23.0 Å². The zero-order valence-electron chi connectivity index (χ0n) is 18.7. The molecule has 0 aliphatic heterocycles. The van der Waals surface area contributed by atoms with E-state index in [9.17, 15) is 4.79 Å². The van der Waals surface area contributed by atoms with Crippen molar-refractivity contribution in [3.05, 3.63) is 48.9 Å². The Labute approximate surface area is 195 Å². The van der Waals surface area contributed by atoms with E-state index in [2.05, 4.69) is 25.4 Å². The Kier molecular flexibility index (Phi) is 5.93. The van der Waals surface area contributed by atoms with Crippen molar-refractivity contribution in [2.24, 2.45) is 11.7 Å². The number of primary amides is 1. The van der Waals surface area contributed by atoms with E-state index >= 15 is 4.39 Å². The van der Waals surface area contributed by atoms with Gasteiger partial charge < -0.3 is 15.8 Å². The zero-order valence-corrected chi connectivity index (χ0v) is 18.7. The monoisotopic (exact) mass is 464 g/mol. The van der Waals surface area contributed by atoms with Gasteiger partial charge >= 0.3 is 0 Å². The molecule has 176 valence electrons. The number of amides is 1. The highest BCUT2D eigenvalue weighted by Gasteiger charge is 2.28. The maximum atomic E-state index is 15.1. The Morgan fingerprint density at radius 1 is 1.29 bits per heavy atom. The third kappa shape index (κ3) is 4.34. The molecule has 3 heterocycles. The lowest BCUT2D eigenvalue weighted by Gasteiger charge is -2.12. The molecule has 1 aliphatic carbocycles. The number of methoxy groups -OCH3 is 1. The summed E-state index contributed by atoms with van der Waals surface area (Å²) in [5.74, 6) is -0.335. The molecule has 1 fully saturated rings. The van der Waals surface area contributed by atoms with E-state index in [0.717, 1.165) is 12.8 Å². The van der Waals surface area contributed by atoms with Crippen LogP contribution in [0.4, 0.5) is 10.3 Å². The number of nitrogens with two attached hydrogens (primary N) is 1. The third-order valence-electron chi connectivity index (χ3n) is 6.16. The number of benzene rings is 1. The van der Waals surface area contributed by atoms with Crippen molar-refractivity contribution in [1.82, 2.24) is 29.3 Å². The minimum Gasteiger partial charge on any atom is -0.383 e. The molecule has 5 rings (SSSR count). The van der Waals surface area contributed by atoms with E-state index in [1.807, 2.05) is 6.07 Å². The molecule has 1 aromatic carbocycles. The maximum absolute atomic E-state index is 15.1. The topological polar surface area (TPSA) is 126 Å². The second-order valence-corrected chi connectivity index (χ2v) is 8.42. The molecule has 3 aromatic heterocycles. The molecule has 1 saturated carbocycles. The van der Waals surface area contributed by atoms with Crippen molar-refractivity contribution in [3.8, 4) is 16.8 Å². The van der Waals surface area contributed by atoms with Gasteiger partial charge in [-0.05, 0) is 37.5 Å². The van der Waals surface area contributed by atoms with E-state index in [1.165, 1.54) is 6.07 Å². The quantitative estimate of drug-likeness (QED) is 0.410. The highest BCUT2D eigenvalue weighted by molar-refractivity contribution is 5.77. The lowest BCUT2D eigenvalue weighted by atomic mass is 10.1. The average molecular weight is 465 g/mol. The number of hydrogen-bond acceptors (Lipinski definition) is 7. The lowest BCUT2D eigenvalue weighted by Crippen LogP contribution is -2.23. The van der Waals surface area contributed by atoms with Crippen molar-refractivity contribution in [3.63, 3.8) is 0 Å². The summed E-state index contributed by atoms with van der Waals surface area (Å²) in [5.41, 5.74) is 8.32. The Morgan fingerprint density at radius 3 is 2.94 bits per heavy atom. The van der Waals surface area contributed by atoms with Crippen molar-refractivity contribution in [2.45, 2.75) is 31.8 Å². The fraction of sp³-hybridized carbons (Fsp3) is 0.348. The number of imidazole rings is 1. The molecular weight excluding hydrogens is 439 g/mol. The number of ether oxygens (including phenoxy) is 1. The number of nitrogens with one attached hydrogen (secondary N) is 1. The van der Waals surface area contributed by atoms with E-state index in [1.54, 1.807) is 47.3 Å². The molecule has 10 nitrogen and oxygen atoms in total. The second kappa shape index (κ2) is 9.18. The Balaban J connectivity index is 1.38. The number of carbonyl (C=O) groups is 1. The van der Waals surface area contributed by atoms with E-state index in [-0.39, 0.29) is 23.7 Å². The molecule has 34 heavy (non-hydrogen) atoms. The van der Waals surface area contributed by atoms with Crippen LogP contribution in [0.15, 0.2) is 43.1 Å². The van der Waals surface area contributed by atoms with Gasteiger partial charge in [-0.15, -0.1) is 0 Å². The summed E-state index contributed by atoms with van der Waals surface area (Å²) in [6.45, 7) is 1.12. The molecule has 11 heteroatoms. The first-order valence-electron chi connectivity index (χ1n) is 11.1. The number of nitrogens with zero attached hydrogens (tertiary/aromatic N) is 6. The van der Waals surface area contributed by atoms with E-state index < -0.39 is 0 Å². The van der Waals surface area contributed by atoms with Crippen LogP contribution in [0.25, 0.3) is 28.0 Å². The van der Waals surface area contributed by atoms with Gasteiger partial charge in [-0.1, -0.05) is 0 Å². The van der Waals surface area contributed by atoms with Gasteiger partial charge in [0.2, 0.25) is 11.9 Å². The number of hydrogen-bond donors (Lipinski definition) is 2. The average Bonchev–Trinajstić information content (AvgIpc) is 3.57. The van der Waals surface area contributed by atoms with Crippen LogP contribution in [0, 0.1) is 11.7 Å². The Morgan fingerprint density at radius 2 is 2.18 bits per heavy atom. The molecule has 0 unspecified atom stereocenters. The fourth-order valence-corrected chi connectivity index (χ4v) is 4.32. The molecule has 4 aromatic rings. The Bertz CT molecular complexity index is 1330. The van der Waals surface area contributed by atoms with Crippen molar-refractivity contribution < 1.29 is 13.9 Å². The van der Waals surface area contributed by atoms with Crippen molar-refractivity contribution in [2.75, 3.05) is 19.0 Å². The molecule has 1 aliphatic rings. The van der Waals surface area contributed by atoms with Gasteiger partial charge in [0.15, 0.2) is 5.65 Å². The first-order valence-corrected chi connectivity index (χ1v) is 11.1. The van der Waals surface area contributed by atoms with Crippen LogP contribution in [0.1, 0.15) is 19.3 Å². The largest absolute Gasteiger partial charge is 0.383 e. The zero-order chi connectivity index (χ0) is 23.7. The second-order valence-electron chi connectivity index (χ2n) is 8.42. The molecule has 1 amide bonds. The lowest BCUT2D eigenvalue weighted by molar-refractivity contribution is -0.121. The van der Waals surface area contributed by atoms with Gasteiger partial charge in [-0.3, -0.25) is 14.0 Å². The van der Waals surface area contributed by atoms with Crippen LogP contribution < -0.4 is 11.1 Å². The molecule has 0 bridgehead atoms. The Hall–Kier alpha value is -3.86. The number of aromatic nitrogens is 6. The third-order valence-corrected chi connectivity index (χ3v) is 6.16. The normalized spacial score (nSPS) is 17.9. The number of halogens is 1. The standard InChI is InChI=1S/C23H25FN8O2/c1-34-7-6-31-12-15(10-28-31)18-5-4-17(9-19(18)24)32-13-27-20-11-26-23(30-22(20)32)29-16-3-2-14(8-16)21(25)33/h4-5,9-14,16H,2-3,6-8H2,1H3,(H2,25,33)(H,26,29,30)/t14-,16-/m1/s1. The number of anilines is 1. The number of rotatable bonds is 8. The van der Waals surface area contributed by atoms with Crippen LogP contribution in [0.5, 0.6) is 0 Å². The van der Waals surface area contributed by atoms with Gasteiger partial charge in [0.1, 0.15) is 17.7 Å². The summed E-state index contributed by atoms with van der Waals surface area (Å²) >= 11 is 0. The first-order chi connectivity index (χ1) is 16.5. The smallest absolute Gasteiger partial charge is 0.224 e. The van der Waals surface area contributed by atoms with Crippen LogP contribution in [0.3, 0.4) is 0 Å². The molecular formula is C23H25FN8O2. The van der Waals surface area contributed by atoms with Gasteiger partial charge in [-0.2, -0.15) is 10.1 Å². The summed E-state index contributed by atoms with van der Waals surface area (Å²) in [4.78, 5) is 24.7. The predicted molar refractivity (Wildman–Crippen MR) is 124 cm³/mol. The predicted octanol–water partition coefficient (Wildman–Crippen LogP) is 2.53. The fourth-order valence-electron chi connectivity index (χ4n) is 4.32. The number of fused-ring (bicyclic) bond motifs is 1. The summed E-state index contributed by atoms with van der Waals surface area (Å²) in [7, 11) is 1.63. The molecule has 0 saturated heterocycles. The van der Waals surface area contributed by atoms with Crippen LogP contribution in [-0.4, -0.2) is 55.0 Å². The highest BCUT2D eigenvalue weighted by atomic mass is 19.1. The molecule has 0 radical (unpaired) electrons. The molecule has 2 atom stereocenters.